The number of allylic oxidation sites excluding steroid dienone is 1. The van der Waals surface area contributed by atoms with E-state index in [2.05, 4.69) is 0 Å². The van der Waals surface area contributed by atoms with Crippen LogP contribution in [-0.4, -0.2) is 18.4 Å². The van der Waals surface area contributed by atoms with Gasteiger partial charge in [-0.05, 0) is 18.1 Å². The molecule has 0 saturated carbocycles. The normalized spacial score (nSPS) is 22.8. The van der Waals surface area contributed by atoms with Gasteiger partial charge in [0.25, 0.3) is 0 Å². The molecule has 0 aliphatic heterocycles. The summed E-state index contributed by atoms with van der Waals surface area (Å²) in [5.41, 5.74) is 1.91. The largest absolute Gasteiger partial charge is 0.465 e. The maximum atomic E-state index is 12.1. The van der Waals surface area contributed by atoms with Gasteiger partial charge in [0.05, 0.1) is 6.61 Å². The van der Waals surface area contributed by atoms with Gasteiger partial charge in [-0.3, -0.25) is 9.59 Å². The molecule has 0 aromatic heterocycles. The van der Waals surface area contributed by atoms with E-state index >= 15 is 0 Å². The molecule has 0 amide bonds. The van der Waals surface area contributed by atoms with E-state index in [0.717, 1.165) is 11.1 Å². The number of Topliss-reactive ketones (excluding diaryl/α,β-unsaturated/α-hetero) is 1. The standard InChI is InChI=1S/C15H16O3/c1-3-18-15(17)13-9-12(10(2)14(13)16)11-7-5-4-6-8-11/h4-10,13H,3H2,1-2H3. The molecule has 0 N–H and O–H groups in total. The summed E-state index contributed by atoms with van der Waals surface area (Å²) in [5, 5.41) is 0. The van der Waals surface area contributed by atoms with Crippen LogP contribution in [0.5, 0.6) is 0 Å². The van der Waals surface area contributed by atoms with Crippen LogP contribution in [0.4, 0.5) is 0 Å². The lowest BCUT2D eigenvalue weighted by atomic mass is 9.95. The molecular weight excluding hydrogens is 228 g/mol. The quantitative estimate of drug-likeness (QED) is 0.606. The highest BCUT2D eigenvalue weighted by molar-refractivity contribution is 6.11. The predicted molar refractivity (Wildman–Crippen MR) is 68.7 cm³/mol. The topological polar surface area (TPSA) is 43.4 Å². The highest BCUT2D eigenvalue weighted by Crippen LogP contribution is 2.34. The Balaban J connectivity index is 2.29. The number of rotatable bonds is 3. The molecule has 1 aromatic rings. The zero-order valence-corrected chi connectivity index (χ0v) is 10.6. The second-order valence-electron chi connectivity index (χ2n) is 4.34. The molecule has 0 radical (unpaired) electrons. The van der Waals surface area contributed by atoms with Crippen LogP contribution in [-0.2, 0) is 14.3 Å². The van der Waals surface area contributed by atoms with Gasteiger partial charge in [-0.25, -0.2) is 0 Å². The number of ether oxygens (including phenoxy) is 1. The molecule has 94 valence electrons. The van der Waals surface area contributed by atoms with Crippen molar-refractivity contribution < 1.29 is 14.3 Å². The number of carbonyl (C=O) groups is 2. The Morgan fingerprint density at radius 3 is 2.56 bits per heavy atom. The Hall–Kier alpha value is -1.90. The first kappa shape index (κ1) is 12.6. The molecule has 3 heteroatoms. The average Bonchev–Trinajstić information content (AvgIpc) is 2.68. The van der Waals surface area contributed by atoms with Gasteiger partial charge in [-0.1, -0.05) is 43.3 Å². The summed E-state index contributed by atoms with van der Waals surface area (Å²) in [7, 11) is 0. The van der Waals surface area contributed by atoms with E-state index in [1.165, 1.54) is 0 Å². The fourth-order valence-corrected chi connectivity index (χ4v) is 2.22. The third-order valence-electron chi connectivity index (χ3n) is 3.19. The lowest BCUT2D eigenvalue weighted by molar-refractivity contribution is -0.149. The number of carbonyl (C=O) groups excluding carboxylic acids is 2. The Labute approximate surface area is 106 Å². The summed E-state index contributed by atoms with van der Waals surface area (Å²) in [6.45, 7) is 3.87. The molecule has 1 aliphatic carbocycles. The Morgan fingerprint density at radius 1 is 1.28 bits per heavy atom. The Kier molecular flexibility index (Phi) is 3.60. The van der Waals surface area contributed by atoms with E-state index < -0.39 is 11.9 Å². The predicted octanol–water partition coefficient (Wildman–Crippen LogP) is 2.47. The molecular formula is C15H16O3. The van der Waals surface area contributed by atoms with Crippen molar-refractivity contribution in [2.45, 2.75) is 13.8 Å². The van der Waals surface area contributed by atoms with Gasteiger partial charge in [0.15, 0.2) is 5.78 Å². The summed E-state index contributed by atoms with van der Waals surface area (Å²) in [4.78, 5) is 23.7. The van der Waals surface area contributed by atoms with Crippen LogP contribution < -0.4 is 0 Å². The van der Waals surface area contributed by atoms with Crippen molar-refractivity contribution in [3.63, 3.8) is 0 Å². The van der Waals surface area contributed by atoms with Gasteiger partial charge in [0, 0.05) is 5.92 Å². The fraction of sp³-hybridized carbons (Fsp3) is 0.333. The van der Waals surface area contributed by atoms with E-state index in [4.69, 9.17) is 4.74 Å². The van der Waals surface area contributed by atoms with Crippen LogP contribution >= 0.6 is 0 Å². The maximum absolute atomic E-state index is 12.1. The van der Waals surface area contributed by atoms with Crippen LogP contribution in [0.15, 0.2) is 36.4 Å². The molecule has 0 spiro atoms. The fourth-order valence-electron chi connectivity index (χ4n) is 2.22. The van der Waals surface area contributed by atoms with Gasteiger partial charge < -0.3 is 4.74 Å². The molecule has 0 heterocycles. The van der Waals surface area contributed by atoms with E-state index in [0.29, 0.717) is 6.61 Å². The van der Waals surface area contributed by atoms with E-state index in [9.17, 15) is 9.59 Å². The number of benzene rings is 1. The molecule has 0 bridgehead atoms. The zero-order chi connectivity index (χ0) is 13.1. The van der Waals surface area contributed by atoms with Gasteiger partial charge in [0.2, 0.25) is 0 Å². The first-order chi connectivity index (χ1) is 8.65. The second kappa shape index (κ2) is 5.17. The van der Waals surface area contributed by atoms with E-state index in [1.807, 2.05) is 37.3 Å². The molecule has 2 atom stereocenters. The summed E-state index contributed by atoms with van der Waals surface area (Å²) < 4.78 is 4.92. The van der Waals surface area contributed by atoms with Crippen LogP contribution in [0.3, 0.4) is 0 Å². The summed E-state index contributed by atoms with van der Waals surface area (Å²) in [5.74, 6) is -1.51. The molecule has 2 unspecified atom stereocenters. The monoisotopic (exact) mass is 244 g/mol. The van der Waals surface area contributed by atoms with Gasteiger partial charge in [0.1, 0.15) is 5.92 Å². The minimum Gasteiger partial charge on any atom is -0.465 e. The summed E-state index contributed by atoms with van der Waals surface area (Å²) in [6, 6.07) is 9.66. The van der Waals surface area contributed by atoms with Crippen molar-refractivity contribution >= 4 is 17.3 Å². The summed E-state index contributed by atoms with van der Waals surface area (Å²) in [6.07, 6.45) is 1.74. The Bertz CT molecular complexity index is 488. The first-order valence-electron chi connectivity index (χ1n) is 6.12. The smallest absolute Gasteiger partial charge is 0.320 e. The number of ketones is 1. The number of esters is 1. The van der Waals surface area contributed by atoms with Crippen LogP contribution in [0.2, 0.25) is 0 Å². The lowest BCUT2D eigenvalue weighted by Gasteiger charge is -2.08. The van der Waals surface area contributed by atoms with Crippen LogP contribution in [0, 0.1) is 11.8 Å². The third-order valence-corrected chi connectivity index (χ3v) is 3.19. The Morgan fingerprint density at radius 2 is 1.94 bits per heavy atom. The van der Waals surface area contributed by atoms with Crippen molar-refractivity contribution in [3.05, 3.63) is 42.0 Å². The molecule has 0 fully saturated rings. The maximum Gasteiger partial charge on any atom is 0.320 e. The van der Waals surface area contributed by atoms with E-state index in [-0.39, 0.29) is 11.7 Å². The third kappa shape index (κ3) is 2.21. The first-order valence-corrected chi connectivity index (χ1v) is 6.12. The molecule has 1 aliphatic rings. The number of hydrogen-bond acceptors (Lipinski definition) is 3. The average molecular weight is 244 g/mol. The lowest BCUT2D eigenvalue weighted by Crippen LogP contribution is -2.24. The molecule has 1 aromatic carbocycles. The van der Waals surface area contributed by atoms with Gasteiger partial charge in [-0.15, -0.1) is 0 Å². The molecule has 0 saturated heterocycles. The van der Waals surface area contributed by atoms with Crippen LogP contribution in [0.1, 0.15) is 19.4 Å². The molecule has 3 nitrogen and oxygen atoms in total. The molecule has 18 heavy (non-hydrogen) atoms. The zero-order valence-electron chi connectivity index (χ0n) is 10.6. The second-order valence-corrected chi connectivity index (χ2v) is 4.34. The van der Waals surface area contributed by atoms with Crippen molar-refractivity contribution in [1.82, 2.24) is 0 Å². The van der Waals surface area contributed by atoms with Gasteiger partial charge >= 0.3 is 5.97 Å². The van der Waals surface area contributed by atoms with Crippen molar-refractivity contribution in [1.29, 1.82) is 0 Å². The van der Waals surface area contributed by atoms with Gasteiger partial charge in [-0.2, -0.15) is 0 Å². The van der Waals surface area contributed by atoms with E-state index in [1.54, 1.807) is 13.0 Å². The minimum atomic E-state index is -0.741. The SMILES string of the molecule is CCOC(=O)C1C=C(c2ccccc2)C(C)C1=O. The van der Waals surface area contributed by atoms with Crippen molar-refractivity contribution in [2.24, 2.45) is 11.8 Å². The number of hydrogen-bond donors (Lipinski definition) is 0. The van der Waals surface area contributed by atoms with Crippen molar-refractivity contribution in [3.8, 4) is 0 Å². The van der Waals surface area contributed by atoms with Crippen LogP contribution in [0.25, 0.3) is 5.57 Å². The highest BCUT2D eigenvalue weighted by Gasteiger charge is 2.37. The minimum absolute atomic E-state index is 0.0766. The van der Waals surface area contributed by atoms with Crippen molar-refractivity contribution in [2.75, 3.05) is 6.61 Å². The highest BCUT2D eigenvalue weighted by atomic mass is 16.5. The molecule has 2 rings (SSSR count). The summed E-state index contributed by atoms with van der Waals surface area (Å²) >= 11 is 0.